The Morgan fingerprint density at radius 2 is 2.23 bits per heavy atom. The summed E-state index contributed by atoms with van der Waals surface area (Å²) in [5.74, 6) is 0.101. The third kappa shape index (κ3) is 3.07. The SMILES string of the molecule is CC1=CCC[C@@]2(C)O[C@H]2[C@H]2OC(=O)[C@@H](CNN(C)C)[C@@H]2CC1. The van der Waals surface area contributed by atoms with Crippen LogP contribution in [-0.4, -0.2) is 49.4 Å². The molecule has 2 aliphatic heterocycles. The molecule has 5 nitrogen and oxygen atoms in total. The van der Waals surface area contributed by atoms with Gasteiger partial charge < -0.3 is 9.47 Å². The highest BCUT2D eigenvalue weighted by molar-refractivity contribution is 5.75. The maximum absolute atomic E-state index is 12.3. The third-order valence-electron chi connectivity index (χ3n) is 5.37. The summed E-state index contributed by atoms with van der Waals surface area (Å²) in [5, 5.41) is 1.89. The van der Waals surface area contributed by atoms with E-state index < -0.39 is 0 Å². The summed E-state index contributed by atoms with van der Waals surface area (Å²) >= 11 is 0. The minimum atomic E-state index is -0.110. The largest absolute Gasteiger partial charge is 0.459 e. The maximum Gasteiger partial charge on any atom is 0.311 e. The van der Waals surface area contributed by atoms with Crippen LogP contribution in [0.25, 0.3) is 0 Å². The van der Waals surface area contributed by atoms with E-state index in [1.165, 1.54) is 5.57 Å². The van der Waals surface area contributed by atoms with Gasteiger partial charge in [0.2, 0.25) is 0 Å². The molecule has 1 aliphatic carbocycles. The van der Waals surface area contributed by atoms with Crippen LogP contribution in [0.4, 0.5) is 0 Å². The van der Waals surface area contributed by atoms with E-state index in [9.17, 15) is 4.79 Å². The Hall–Kier alpha value is -0.910. The molecule has 124 valence electrons. The second-order valence-corrected chi connectivity index (χ2v) is 7.41. The average Bonchev–Trinajstić information content (AvgIpc) is 3.00. The van der Waals surface area contributed by atoms with Crippen LogP contribution >= 0.6 is 0 Å². The first kappa shape index (κ1) is 16.0. The molecule has 5 heteroatoms. The molecule has 5 atom stereocenters. The van der Waals surface area contributed by atoms with Crippen LogP contribution in [0.15, 0.2) is 11.6 Å². The smallest absolute Gasteiger partial charge is 0.311 e. The van der Waals surface area contributed by atoms with Crippen molar-refractivity contribution in [2.24, 2.45) is 11.8 Å². The van der Waals surface area contributed by atoms with Crippen molar-refractivity contribution in [3.8, 4) is 0 Å². The van der Waals surface area contributed by atoms with Gasteiger partial charge in [0.1, 0.15) is 12.2 Å². The van der Waals surface area contributed by atoms with Gasteiger partial charge in [-0.3, -0.25) is 15.2 Å². The van der Waals surface area contributed by atoms with Crippen molar-refractivity contribution in [3.05, 3.63) is 11.6 Å². The molecule has 0 aromatic heterocycles. The number of rotatable bonds is 3. The fraction of sp³-hybridized carbons (Fsp3) is 0.824. The lowest BCUT2D eigenvalue weighted by molar-refractivity contribution is -0.145. The molecule has 2 saturated heterocycles. The molecule has 2 heterocycles. The average molecular weight is 308 g/mol. The predicted octanol–water partition coefficient (Wildman–Crippen LogP) is 1.89. The Kier molecular flexibility index (Phi) is 4.32. The first-order valence-electron chi connectivity index (χ1n) is 8.35. The summed E-state index contributed by atoms with van der Waals surface area (Å²) in [4.78, 5) is 12.3. The van der Waals surface area contributed by atoms with E-state index >= 15 is 0 Å². The van der Waals surface area contributed by atoms with Crippen LogP contribution in [0.3, 0.4) is 0 Å². The Morgan fingerprint density at radius 3 is 2.95 bits per heavy atom. The Labute approximate surface area is 133 Å². The van der Waals surface area contributed by atoms with Crippen molar-refractivity contribution in [1.82, 2.24) is 10.4 Å². The zero-order valence-corrected chi connectivity index (χ0v) is 14.1. The van der Waals surface area contributed by atoms with E-state index in [1.807, 2.05) is 19.1 Å². The molecule has 0 amide bonds. The standard InChI is InChI=1S/C17H28N2O3/c1-11-6-5-9-17(2)15(22-17)14-12(8-7-11)13(16(20)21-14)10-18-19(3)4/h6,12-15,18H,5,7-10H2,1-4H3/t12-,13-,14-,15-,17+/m0/s1. The molecule has 0 unspecified atom stereocenters. The van der Waals surface area contributed by atoms with Crippen LogP contribution in [0, 0.1) is 11.8 Å². The summed E-state index contributed by atoms with van der Waals surface area (Å²) in [6.45, 7) is 4.98. The van der Waals surface area contributed by atoms with Crippen molar-refractivity contribution < 1.29 is 14.3 Å². The van der Waals surface area contributed by atoms with Crippen LogP contribution in [-0.2, 0) is 14.3 Å². The van der Waals surface area contributed by atoms with Gasteiger partial charge in [-0.1, -0.05) is 11.6 Å². The van der Waals surface area contributed by atoms with E-state index in [0.717, 1.165) is 25.7 Å². The summed E-state index contributed by atoms with van der Waals surface area (Å²) in [5.41, 5.74) is 4.55. The number of hydrogen-bond donors (Lipinski definition) is 1. The van der Waals surface area contributed by atoms with Gasteiger partial charge in [0.15, 0.2) is 0 Å². The number of fused-ring (bicyclic) bond motifs is 3. The molecule has 0 saturated carbocycles. The summed E-state index contributed by atoms with van der Waals surface area (Å²) in [7, 11) is 3.89. The molecule has 0 aromatic carbocycles. The molecule has 3 aliphatic rings. The topological polar surface area (TPSA) is 54.1 Å². The van der Waals surface area contributed by atoms with Gasteiger partial charge in [0, 0.05) is 26.6 Å². The maximum atomic E-state index is 12.3. The minimum Gasteiger partial charge on any atom is -0.459 e. The predicted molar refractivity (Wildman–Crippen MR) is 84.1 cm³/mol. The lowest BCUT2D eigenvalue weighted by Crippen LogP contribution is -2.39. The molecule has 3 rings (SSSR count). The molecule has 22 heavy (non-hydrogen) atoms. The molecular formula is C17H28N2O3. The fourth-order valence-electron chi connectivity index (χ4n) is 3.85. The van der Waals surface area contributed by atoms with E-state index in [1.54, 1.807) is 0 Å². The lowest BCUT2D eigenvalue weighted by Gasteiger charge is -2.23. The molecule has 2 fully saturated rings. The highest BCUT2D eigenvalue weighted by Crippen LogP contribution is 2.50. The van der Waals surface area contributed by atoms with Crippen molar-refractivity contribution in [2.45, 2.75) is 57.3 Å². The minimum absolute atomic E-state index is 0.0666. The number of esters is 1. The second kappa shape index (κ2) is 5.95. The number of allylic oxidation sites excluding steroid dienone is 2. The number of carbonyl (C=O) groups excluding carboxylic acids is 1. The molecule has 0 aromatic rings. The highest BCUT2D eigenvalue weighted by Gasteiger charge is 2.62. The Morgan fingerprint density at radius 1 is 1.45 bits per heavy atom. The van der Waals surface area contributed by atoms with Gasteiger partial charge >= 0.3 is 5.97 Å². The molecule has 0 spiro atoms. The first-order valence-corrected chi connectivity index (χ1v) is 8.35. The van der Waals surface area contributed by atoms with Crippen molar-refractivity contribution in [3.63, 3.8) is 0 Å². The number of hydrazine groups is 1. The van der Waals surface area contributed by atoms with Gasteiger partial charge in [-0.25, -0.2) is 0 Å². The number of nitrogens with zero attached hydrogens (tertiary/aromatic N) is 1. The molecular weight excluding hydrogens is 280 g/mol. The molecule has 0 bridgehead atoms. The quantitative estimate of drug-likeness (QED) is 0.373. The van der Waals surface area contributed by atoms with Crippen molar-refractivity contribution >= 4 is 5.97 Å². The monoisotopic (exact) mass is 308 g/mol. The van der Waals surface area contributed by atoms with Crippen LogP contribution in [0.1, 0.15) is 39.5 Å². The van der Waals surface area contributed by atoms with Crippen LogP contribution < -0.4 is 5.43 Å². The summed E-state index contributed by atoms with van der Waals surface area (Å²) in [6.07, 6.45) is 6.44. The van der Waals surface area contributed by atoms with Crippen molar-refractivity contribution in [1.29, 1.82) is 0 Å². The summed E-state index contributed by atoms with van der Waals surface area (Å²) in [6, 6.07) is 0. The summed E-state index contributed by atoms with van der Waals surface area (Å²) < 4.78 is 11.7. The number of hydrogen-bond acceptors (Lipinski definition) is 5. The lowest BCUT2D eigenvalue weighted by atomic mass is 9.81. The van der Waals surface area contributed by atoms with E-state index in [4.69, 9.17) is 9.47 Å². The first-order chi connectivity index (χ1) is 10.4. The van der Waals surface area contributed by atoms with Gasteiger partial charge in [-0.15, -0.1) is 0 Å². The zero-order chi connectivity index (χ0) is 15.9. The molecule has 0 radical (unpaired) electrons. The number of ether oxygens (including phenoxy) is 2. The van der Waals surface area contributed by atoms with Crippen LogP contribution in [0.2, 0.25) is 0 Å². The highest BCUT2D eigenvalue weighted by atomic mass is 16.6. The fourth-order valence-corrected chi connectivity index (χ4v) is 3.85. The van der Waals surface area contributed by atoms with Gasteiger partial charge in [-0.05, 0) is 39.5 Å². The van der Waals surface area contributed by atoms with Gasteiger partial charge in [-0.2, -0.15) is 0 Å². The molecule has 1 N–H and O–H groups in total. The second-order valence-electron chi connectivity index (χ2n) is 7.41. The van der Waals surface area contributed by atoms with E-state index in [-0.39, 0.29) is 35.6 Å². The van der Waals surface area contributed by atoms with Crippen molar-refractivity contribution in [2.75, 3.05) is 20.6 Å². The zero-order valence-electron chi connectivity index (χ0n) is 14.1. The number of epoxide rings is 1. The van der Waals surface area contributed by atoms with Gasteiger partial charge in [0.25, 0.3) is 0 Å². The van der Waals surface area contributed by atoms with E-state index in [2.05, 4.69) is 25.3 Å². The Balaban J connectivity index is 1.78. The van der Waals surface area contributed by atoms with Gasteiger partial charge in [0.05, 0.1) is 11.5 Å². The number of carbonyl (C=O) groups is 1. The number of nitrogens with one attached hydrogen (secondary N) is 1. The Bertz CT molecular complexity index is 477. The normalized spacial score (nSPS) is 41.5. The third-order valence-corrected chi connectivity index (χ3v) is 5.37. The van der Waals surface area contributed by atoms with E-state index in [0.29, 0.717) is 6.54 Å². The van der Waals surface area contributed by atoms with Crippen LogP contribution in [0.5, 0.6) is 0 Å².